The van der Waals surface area contributed by atoms with E-state index in [9.17, 15) is 0 Å². The Balaban J connectivity index is 2.04. The molecule has 3 rings (SSSR count). The zero-order chi connectivity index (χ0) is 12.7. The van der Waals surface area contributed by atoms with Crippen molar-refractivity contribution in [2.75, 3.05) is 0 Å². The van der Waals surface area contributed by atoms with E-state index in [2.05, 4.69) is 31.5 Å². The summed E-state index contributed by atoms with van der Waals surface area (Å²) in [5.74, 6) is 1.08. The first-order valence-corrected chi connectivity index (χ1v) is 7.63. The Labute approximate surface area is 113 Å². The van der Waals surface area contributed by atoms with Gasteiger partial charge in [-0.2, -0.15) is 0 Å². The fraction of sp³-hybridized carbons (Fsp3) is 0.533. The molecule has 2 nitrogen and oxygen atoms in total. The van der Waals surface area contributed by atoms with Gasteiger partial charge in [0, 0.05) is 10.6 Å². The second-order valence-corrected chi connectivity index (χ2v) is 6.27. The maximum atomic E-state index is 4.71. The monoisotopic (exact) mass is 260 g/mol. The number of aryl methyl sites for hydroxylation is 1. The first-order valence-electron chi connectivity index (χ1n) is 6.75. The van der Waals surface area contributed by atoms with Gasteiger partial charge in [0.05, 0.1) is 11.9 Å². The molecule has 1 atom stereocenters. The highest BCUT2D eigenvalue weighted by molar-refractivity contribution is 7.10. The van der Waals surface area contributed by atoms with Gasteiger partial charge in [0.15, 0.2) is 0 Å². The molecule has 3 heteroatoms. The Kier molecular flexibility index (Phi) is 3.02. The summed E-state index contributed by atoms with van der Waals surface area (Å²) in [6, 6.07) is 0.386. The molecule has 1 unspecified atom stereocenters. The molecule has 2 aliphatic rings. The van der Waals surface area contributed by atoms with E-state index < -0.39 is 0 Å². The van der Waals surface area contributed by atoms with E-state index in [4.69, 9.17) is 4.99 Å². The normalized spacial score (nSPS) is 23.5. The fourth-order valence-corrected chi connectivity index (χ4v) is 4.07. The zero-order valence-corrected chi connectivity index (χ0v) is 12.2. The van der Waals surface area contributed by atoms with Crippen molar-refractivity contribution < 1.29 is 0 Å². The van der Waals surface area contributed by atoms with Gasteiger partial charge in [-0.05, 0) is 68.5 Å². The third kappa shape index (κ3) is 1.91. The number of thiophene rings is 1. The minimum atomic E-state index is 0.386. The molecular formula is C15H20N2S. The predicted molar refractivity (Wildman–Crippen MR) is 78.3 cm³/mol. The summed E-state index contributed by atoms with van der Waals surface area (Å²) in [6.45, 7) is 6.53. The third-order valence-corrected chi connectivity index (χ3v) is 5.34. The Morgan fingerprint density at radius 1 is 1.22 bits per heavy atom. The summed E-state index contributed by atoms with van der Waals surface area (Å²) in [4.78, 5) is 6.19. The lowest BCUT2D eigenvalue weighted by atomic mass is 9.88. The number of nitrogens with zero attached hydrogens (tertiary/aromatic N) is 1. The second-order valence-electron chi connectivity index (χ2n) is 5.36. The first-order chi connectivity index (χ1) is 8.66. The highest BCUT2D eigenvalue weighted by atomic mass is 32.1. The van der Waals surface area contributed by atoms with Crippen LogP contribution in [0.3, 0.4) is 0 Å². The molecule has 1 aromatic rings. The summed E-state index contributed by atoms with van der Waals surface area (Å²) in [5, 5.41) is 5.86. The maximum Gasteiger partial charge on any atom is 0.0994 e. The number of rotatable bonds is 1. The van der Waals surface area contributed by atoms with Crippen molar-refractivity contribution in [1.29, 1.82) is 0 Å². The molecule has 0 fully saturated rings. The van der Waals surface area contributed by atoms with Crippen LogP contribution >= 0.6 is 11.3 Å². The quantitative estimate of drug-likeness (QED) is 0.801. The van der Waals surface area contributed by atoms with Crippen LogP contribution in [-0.2, 0) is 0 Å². The van der Waals surface area contributed by atoms with Crippen LogP contribution in [0.5, 0.6) is 0 Å². The molecule has 1 aliphatic heterocycles. The molecule has 2 heterocycles. The average Bonchev–Trinajstić information content (AvgIpc) is 2.69. The minimum absolute atomic E-state index is 0.386. The maximum absolute atomic E-state index is 4.71. The number of amidine groups is 1. The van der Waals surface area contributed by atoms with Crippen LogP contribution in [-0.4, -0.2) is 5.84 Å². The molecule has 0 bridgehead atoms. The summed E-state index contributed by atoms with van der Waals surface area (Å²) in [5.41, 5.74) is 5.75. The lowest BCUT2D eigenvalue weighted by Crippen LogP contribution is -2.32. The predicted octanol–water partition coefficient (Wildman–Crippen LogP) is 4.26. The third-order valence-electron chi connectivity index (χ3n) is 4.07. The number of hydrogen-bond donors (Lipinski definition) is 1. The van der Waals surface area contributed by atoms with Crippen molar-refractivity contribution in [3.8, 4) is 0 Å². The van der Waals surface area contributed by atoms with E-state index in [1.54, 1.807) is 0 Å². The van der Waals surface area contributed by atoms with Crippen LogP contribution < -0.4 is 5.32 Å². The van der Waals surface area contributed by atoms with Gasteiger partial charge in [-0.25, -0.2) is 4.99 Å². The lowest BCUT2D eigenvalue weighted by molar-refractivity contribution is 0.583. The highest BCUT2D eigenvalue weighted by Crippen LogP contribution is 2.40. The van der Waals surface area contributed by atoms with Crippen LogP contribution in [0.4, 0.5) is 0 Å². The Hall–Kier alpha value is -1.09. The van der Waals surface area contributed by atoms with E-state index in [1.165, 1.54) is 46.5 Å². The summed E-state index contributed by atoms with van der Waals surface area (Å²) < 4.78 is 0. The van der Waals surface area contributed by atoms with Gasteiger partial charge >= 0.3 is 0 Å². The SMILES string of the molecule is CC1=NC2=C(CCCC2)C(c2scc(C)c2C)N1. The zero-order valence-electron chi connectivity index (χ0n) is 11.3. The van der Waals surface area contributed by atoms with Gasteiger partial charge in [-0.15, -0.1) is 11.3 Å². The first kappa shape index (κ1) is 12.0. The molecule has 0 saturated carbocycles. The van der Waals surface area contributed by atoms with Crippen LogP contribution in [0.1, 0.15) is 54.7 Å². The molecule has 1 aromatic heterocycles. The number of nitrogens with one attached hydrogen (secondary N) is 1. The van der Waals surface area contributed by atoms with E-state index in [0.29, 0.717) is 6.04 Å². The lowest BCUT2D eigenvalue weighted by Gasteiger charge is -2.31. The van der Waals surface area contributed by atoms with E-state index in [-0.39, 0.29) is 0 Å². The van der Waals surface area contributed by atoms with Crippen molar-refractivity contribution in [3.63, 3.8) is 0 Å². The van der Waals surface area contributed by atoms with Gasteiger partial charge in [0.1, 0.15) is 0 Å². The molecule has 18 heavy (non-hydrogen) atoms. The molecular weight excluding hydrogens is 240 g/mol. The van der Waals surface area contributed by atoms with Gasteiger partial charge in [-0.3, -0.25) is 0 Å². The number of allylic oxidation sites excluding steroid dienone is 1. The molecule has 0 amide bonds. The van der Waals surface area contributed by atoms with Crippen molar-refractivity contribution in [2.24, 2.45) is 4.99 Å². The standard InChI is InChI=1S/C15H20N2S/c1-9-8-18-15(10(9)2)14-12-6-4-5-7-13(12)16-11(3)17-14/h8,14H,4-7H2,1-3H3,(H,16,17). The average molecular weight is 260 g/mol. The highest BCUT2D eigenvalue weighted by Gasteiger charge is 2.28. The number of hydrogen-bond acceptors (Lipinski definition) is 3. The van der Waals surface area contributed by atoms with Crippen molar-refractivity contribution in [3.05, 3.63) is 32.7 Å². The fourth-order valence-electron chi connectivity index (χ4n) is 2.91. The van der Waals surface area contributed by atoms with Gasteiger partial charge < -0.3 is 5.32 Å². The molecule has 1 aliphatic carbocycles. The van der Waals surface area contributed by atoms with Crippen molar-refractivity contribution >= 4 is 17.2 Å². The molecule has 0 saturated heterocycles. The summed E-state index contributed by atoms with van der Waals surface area (Å²) >= 11 is 1.89. The van der Waals surface area contributed by atoms with Gasteiger partial charge in [0.25, 0.3) is 0 Å². The largest absolute Gasteiger partial charge is 0.362 e. The summed E-state index contributed by atoms with van der Waals surface area (Å²) in [7, 11) is 0. The smallest absolute Gasteiger partial charge is 0.0994 e. The Morgan fingerprint density at radius 2 is 2.00 bits per heavy atom. The summed E-state index contributed by atoms with van der Waals surface area (Å²) in [6.07, 6.45) is 4.98. The number of aliphatic imine (C=N–C) groups is 1. The van der Waals surface area contributed by atoms with Crippen molar-refractivity contribution in [2.45, 2.75) is 52.5 Å². The van der Waals surface area contributed by atoms with Crippen LogP contribution in [0.25, 0.3) is 0 Å². The van der Waals surface area contributed by atoms with Crippen LogP contribution in [0.2, 0.25) is 0 Å². The molecule has 1 N–H and O–H groups in total. The van der Waals surface area contributed by atoms with E-state index >= 15 is 0 Å². The topological polar surface area (TPSA) is 24.4 Å². The Bertz CT molecular complexity index is 537. The second kappa shape index (κ2) is 4.54. The Morgan fingerprint density at radius 3 is 2.72 bits per heavy atom. The minimum Gasteiger partial charge on any atom is -0.362 e. The molecule has 0 radical (unpaired) electrons. The van der Waals surface area contributed by atoms with Crippen LogP contribution in [0, 0.1) is 13.8 Å². The van der Waals surface area contributed by atoms with Crippen molar-refractivity contribution in [1.82, 2.24) is 5.32 Å². The van der Waals surface area contributed by atoms with E-state index in [0.717, 1.165) is 12.3 Å². The van der Waals surface area contributed by atoms with Gasteiger partial charge in [-0.1, -0.05) is 0 Å². The van der Waals surface area contributed by atoms with Gasteiger partial charge in [0.2, 0.25) is 0 Å². The van der Waals surface area contributed by atoms with Crippen LogP contribution in [0.15, 0.2) is 21.6 Å². The molecule has 96 valence electrons. The molecule has 0 spiro atoms. The van der Waals surface area contributed by atoms with E-state index in [1.807, 2.05) is 11.3 Å². The molecule has 0 aromatic carbocycles.